The van der Waals surface area contributed by atoms with Gasteiger partial charge in [-0.3, -0.25) is 9.59 Å². The van der Waals surface area contributed by atoms with Gasteiger partial charge in [-0.05, 0) is 48.6 Å². The van der Waals surface area contributed by atoms with Gasteiger partial charge in [0.2, 0.25) is 11.8 Å². The second kappa shape index (κ2) is 13.8. The van der Waals surface area contributed by atoms with Crippen LogP contribution in [0.15, 0.2) is 58.7 Å². The number of para-hydroxylation sites is 2. The summed E-state index contributed by atoms with van der Waals surface area (Å²) < 4.78 is 0. The molecule has 0 unspecified atom stereocenters. The van der Waals surface area contributed by atoms with E-state index in [0.29, 0.717) is 36.8 Å². The summed E-state index contributed by atoms with van der Waals surface area (Å²) in [7, 11) is 0. The normalized spacial score (nSPS) is 11.1. The van der Waals surface area contributed by atoms with Gasteiger partial charge in [-0.25, -0.2) is 10.9 Å². The van der Waals surface area contributed by atoms with E-state index in [1.54, 1.807) is 60.3 Å². The van der Waals surface area contributed by atoms with E-state index in [0.717, 1.165) is 11.5 Å². The zero-order valence-electron chi connectivity index (χ0n) is 17.0. The Labute approximate surface area is 185 Å². The van der Waals surface area contributed by atoms with Crippen LogP contribution in [0.3, 0.4) is 0 Å². The van der Waals surface area contributed by atoms with Crippen LogP contribution in [0.4, 0.5) is 0 Å². The third-order valence-electron chi connectivity index (χ3n) is 4.04. The lowest BCUT2D eigenvalue weighted by atomic mass is 10.2. The Morgan fingerprint density at radius 1 is 0.774 bits per heavy atom. The highest BCUT2D eigenvalue weighted by Gasteiger charge is 2.02. The summed E-state index contributed by atoms with van der Waals surface area (Å²) >= 11 is 1.68. The Hall–Kier alpha value is -3.33. The summed E-state index contributed by atoms with van der Waals surface area (Å²) in [6.07, 6.45) is 4.93. The van der Waals surface area contributed by atoms with Crippen LogP contribution < -0.4 is 10.9 Å². The van der Waals surface area contributed by atoms with Crippen LogP contribution in [0.5, 0.6) is 11.5 Å². The van der Waals surface area contributed by atoms with Gasteiger partial charge in [0.25, 0.3) is 0 Å². The quantitative estimate of drug-likeness (QED) is 0.229. The first-order valence-corrected chi connectivity index (χ1v) is 11.0. The lowest BCUT2D eigenvalue weighted by Gasteiger charge is -2.02. The molecule has 2 amide bonds. The number of rotatable bonds is 12. The van der Waals surface area contributed by atoms with Crippen molar-refractivity contribution >= 4 is 36.0 Å². The van der Waals surface area contributed by atoms with Crippen LogP contribution in [-0.2, 0) is 9.59 Å². The molecule has 0 fully saturated rings. The minimum atomic E-state index is -0.186. The number of carbonyl (C=O) groups is 2. The highest BCUT2D eigenvalue weighted by atomic mass is 32.2. The van der Waals surface area contributed by atoms with E-state index >= 15 is 0 Å². The van der Waals surface area contributed by atoms with Gasteiger partial charge in [-0.2, -0.15) is 22.0 Å². The van der Waals surface area contributed by atoms with Crippen molar-refractivity contribution in [2.45, 2.75) is 25.7 Å². The van der Waals surface area contributed by atoms with Gasteiger partial charge in [0.05, 0.1) is 12.4 Å². The molecule has 2 rings (SSSR count). The largest absolute Gasteiger partial charge is 0.507 e. The van der Waals surface area contributed by atoms with E-state index in [9.17, 15) is 19.8 Å². The van der Waals surface area contributed by atoms with Crippen molar-refractivity contribution in [3.63, 3.8) is 0 Å². The van der Waals surface area contributed by atoms with E-state index in [4.69, 9.17) is 0 Å². The first kappa shape index (κ1) is 23.9. The average Bonchev–Trinajstić information content (AvgIpc) is 2.76. The molecule has 0 saturated heterocycles. The van der Waals surface area contributed by atoms with Crippen molar-refractivity contribution in [1.82, 2.24) is 10.9 Å². The summed E-state index contributed by atoms with van der Waals surface area (Å²) in [5, 5.41) is 26.9. The predicted octanol–water partition coefficient (Wildman–Crippen LogP) is 2.99. The molecule has 2 aromatic carbocycles. The Morgan fingerprint density at radius 2 is 1.19 bits per heavy atom. The lowest BCUT2D eigenvalue weighted by Crippen LogP contribution is -2.17. The third kappa shape index (κ3) is 9.81. The molecule has 0 aliphatic rings. The number of benzene rings is 2. The molecule has 0 aliphatic heterocycles. The summed E-state index contributed by atoms with van der Waals surface area (Å²) in [5.41, 5.74) is 5.94. The molecule has 0 radical (unpaired) electrons. The lowest BCUT2D eigenvalue weighted by molar-refractivity contribution is -0.121. The molecule has 8 nitrogen and oxygen atoms in total. The van der Waals surface area contributed by atoms with Crippen LogP contribution >= 0.6 is 11.8 Å². The standard InChI is InChI=1S/C22H26N4O4S/c27-19-9-3-1-7-17(19)15-23-25-21(29)11-5-13-31-14-6-12-22(30)26-24-16-18-8-2-4-10-20(18)28/h1-4,7-10,15-16,27-28H,5-6,11-14H2,(H,25,29)(H,26,30)/b23-15-,24-16+. The number of hydrazone groups is 2. The minimum Gasteiger partial charge on any atom is -0.507 e. The zero-order valence-corrected chi connectivity index (χ0v) is 17.8. The highest BCUT2D eigenvalue weighted by molar-refractivity contribution is 7.99. The number of aromatic hydroxyl groups is 2. The number of nitrogens with one attached hydrogen (secondary N) is 2. The number of nitrogens with zero attached hydrogens (tertiary/aromatic N) is 2. The zero-order chi connectivity index (χ0) is 22.3. The van der Waals surface area contributed by atoms with Crippen molar-refractivity contribution in [3.05, 3.63) is 59.7 Å². The average molecular weight is 443 g/mol. The Balaban J connectivity index is 1.48. The van der Waals surface area contributed by atoms with Crippen LogP contribution in [0.1, 0.15) is 36.8 Å². The van der Waals surface area contributed by atoms with E-state index in [1.165, 1.54) is 12.4 Å². The maximum atomic E-state index is 11.7. The molecule has 31 heavy (non-hydrogen) atoms. The molecule has 0 saturated carbocycles. The van der Waals surface area contributed by atoms with Gasteiger partial charge < -0.3 is 10.2 Å². The molecule has 164 valence electrons. The molecule has 2 aromatic rings. The molecule has 0 atom stereocenters. The maximum Gasteiger partial charge on any atom is 0.240 e. The molecule has 0 spiro atoms. The van der Waals surface area contributed by atoms with Crippen molar-refractivity contribution in [2.75, 3.05) is 11.5 Å². The van der Waals surface area contributed by atoms with Gasteiger partial charge in [0.1, 0.15) is 11.5 Å². The predicted molar refractivity (Wildman–Crippen MR) is 123 cm³/mol. The van der Waals surface area contributed by atoms with E-state index < -0.39 is 0 Å². The number of hydrogen-bond acceptors (Lipinski definition) is 7. The number of carbonyl (C=O) groups excluding carboxylic acids is 2. The van der Waals surface area contributed by atoms with Crippen molar-refractivity contribution in [1.29, 1.82) is 0 Å². The molecular formula is C22H26N4O4S. The van der Waals surface area contributed by atoms with Crippen molar-refractivity contribution < 1.29 is 19.8 Å². The van der Waals surface area contributed by atoms with Gasteiger partial charge >= 0.3 is 0 Å². The summed E-state index contributed by atoms with van der Waals surface area (Å²) in [4.78, 5) is 23.5. The summed E-state index contributed by atoms with van der Waals surface area (Å²) in [6.45, 7) is 0. The summed E-state index contributed by atoms with van der Waals surface area (Å²) in [6, 6.07) is 13.5. The Bertz CT molecular complexity index is 844. The Morgan fingerprint density at radius 3 is 1.61 bits per heavy atom. The van der Waals surface area contributed by atoms with Crippen molar-refractivity contribution in [3.8, 4) is 11.5 Å². The SMILES string of the molecule is O=C(CCCSCCCC(=O)N/N=C/c1ccccc1O)N/N=C\c1ccccc1O. The van der Waals surface area contributed by atoms with E-state index in [1.807, 2.05) is 0 Å². The molecule has 4 N–H and O–H groups in total. The number of hydrogen-bond donors (Lipinski definition) is 4. The molecule has 0 aliphatic carbocycles. The fraction of sp³-hybridized carbons (Fsp3) is 0.273. The molecule has 9 heteroatoms. The number of phenols is 2. The fourth-order valence-electron chi connectivity index (χ4n) is 2.42. The summed E-state index contributed by atoms with van der Waals surface area (Å²) in [5.74, 6) is 1.46. The van der Waals surface area contributed by atoms with Gasteiger partial charge in [-0.1, -0.05) is 24.3 Å². The topological polar surface area (TPSA) is 123 Å². The smallest absolute Gasteiger partial charge is 0.240 e. The second-order valence-electron chi connectivity index (χ2n) is 6.52. The van der Waals surface area contributed by atoms with Crippen molar-refractivity contribution in [2.24, 2.45) is 10.2 Å². The Kier molecular flexibility index (Phi) is 10.7. The molecule has 0 bridgehead atoms. The fourth-order valence-corrected chi connectivity index (χ4v) is 3.33. The maximum absolute atomic E-state index is 11.7. The van der Waals surface area contributed by atoms with Crippen LogP contribution in [0.25, 0.3) is 0 Å². The van der Waals surface area contributed by atoms with Crippen LogP contribution in [0, 0.1) is 0 Å². The van der Waals surface area contributed by atoms with Gasteiger partial charge in [0, 0.05) is 24.0 Å². The minimum absolute atomic E-state index is 0.105. The number of phenolic OH excluding ortho intramolecular Hbond substituents is 2. The number of thioether (sulfide) groups is 1. The van der Waals surface area contributed by atoms with Crippen LogP contribution in [0.2, 0.25) is 0 Å². The first-order chi connectivity index (χ1) is 15.1. The van der Waals surface area contributed by atoms with Gasteiger partial charge in [0.15, 0.2) is 0 Å². The third-order valence-corrected chi connectivity index (χ3v) is 5.20. The molecular weight excluding hydrogens is 416 g/mol. The molecule has 0 heterocycles. The second-order valence-corrected chi connectivity index (χ2v) is 7.75. The van der Waals surface area contributed by atoms with E-state index in [-0.39, 0.29) is 23.3 Å². The monoisotopic (exact) mass is 442 g/mol. The van der Waals surface area contributed by atoms with Crippen LogP contribution in [-0.4, -0.2) is 46.0 Å². The van der Waals surface area contributed by atoms with E-state index in [2.05, 4.69) is 21.1 Å². The molecule has 0 aromatic heterocycles. The van der Waals surface area contributed by atoms with Gasteiger partial charge in [-0.15, -0.1) is 0 Å². The first-order valence-electron chi connectivity index (χ1n) is 9.84. The number of amides is 2. The highest BCUT2D eigenvalue weighted by Crippen LogP contribution is 2.13.